The van der Waals surface area contributed by atoms with E-state index in [0.29, 0.717) is 49.9 Å². The fourth-order valence-electron chi connectivity index (χ4n) is 3.17. The summed E-state index contributed by atoms with van der Waals surface area (Å²) in [5.41, 5.74) is 0.386. The van der Waals surface area contributed by atoms with Crippen molar-refractivity contribution in [2.24, 2.45) is 0 Å². The Labute approximate surface area is 171 Å². The zero-order valence-electron chi connectivity index (χ0n) is 16.3. The maximum Gasteiger partial charge on any atom is 0.409 e. The summed E-state index contributed by atoms with van der Waals surface area (Å²) in [6.07, 6.45) is 0.989. The van der Waals surface area contributed by atoms with Gasteiger partial charge in [-0.05, 0) is 37.6 Å². The van der Waals surface area contributed by atoms with Gasteiger partial charge in [-0.25, -0.2) is 13.2 Å². The molecule has 0 aromatic heterocycles. The molecule has 1 aliphatic heterocycles. The molecule has 28 heavy (non-hydrogen) atoms. The van der Waals surface area contributed by atoms with Crippen molar-refractivity contribution in [3.05, 3.63) is 29.3 Å². The number of ether oxygens (including phenoxy) is 1. The molecule has 0 unspecified atom stereocenters. The van der Waals surface area contributed by atoms with Crippen molar-refractivity contribution in [3.8, 4) is 0 Å². The molecule has 1 aromatic rings. The van der Waals surface area contributed by atoms with Gasteiger partial charge in [-0.15, -0.1) is 0 Å². The van der Waals surface area contributed by atoms with Crippen molar-refractivity contribution in [3.63, 3.8) is 0 Å². The molecule has 1 fully saturated rings. The summed E-state index contributed by atoms with van der Waals surface area (Å²) in [6, 6.07) is 5.47. The Kier molecular flexibility index (Phi) is 7.54. The molecule has 1 atom stereocenters. The summed E-state index contributed by atoms with van der Waals surface area (Å²) in [7, 11) is -3.70. The monoisotopic (exact) mass is 431 g/mol. The smallest absolute Gasteiger partial charge is 0.409 e. The van der Waals surface area contributed by atoms with E-state index in [2.05, 4.69) is 0 Å². The predicted octanol–water partition coefficient (Wildman–Crippen LogP) is 2.19. The highest BCUT2D eigenvalue weighted by molar-refractivity contribution is 7.92. The molecule has 1 aliphatic rings. The van der Waals surface area contributed by atoms with Crippen molar-refractivity contribution in [1.29, 1.82) is 0 Å². The average molecular weight is 432 g/mol. The molecule has 10 heteroatoms. The van der Waals surface area contributed by atoms with Crippen LogP contribution in [0, 0.1) is 0 Å². The third-order valence-corrected chi connectivity index (χ3v) is 5.94. The first-order valence-corrected chi connectivity index (χ1v) is 11.4. The number of hydrogen-bond donors (Lipinski definition) is 0. The van der Waals surface area contributed by atoms with E-state index in [1.165, 1.54) is 0 Å². The topological polar surface area (TPSA) is 87.2 Å². The van der Waals surface area contributed by atoms with Crippen LogP contribution in [0.3, 0.4) is 0 Å². The van der Waals surface area contributed by atoms with Crippen LogP contribution in [0.1, 0.15) is 20.3 Å². The molecule has 0 spiro atoms. The lowest BCUT2D eigenvalue weighted by molar-refractivity contribution is -0.134. The lowest BCUT2D eigenvalue weighted by Crippen LogP contribution is -2.56. The summed E-state index contributed by atoms with van der Waals surface area (Å²) in [5.74, 6) is -0.286. The standard InChI is InChI=1S/C18H26ClN3O5S/c1-4-16(22(28(3,25)26)15-8-6-14(19)7-9-15)17(23)20-10-12-21(13-11-20)18(24)27-5-2/h6-9,16H,4-5,10-13H2,1-3H3/t16-/m1/s1. The number of hydrogen-bond acceptors (Lipinski definition) is 5. The fourth-order valence-corrected chi connectivity index (χ4v) is 4.50. The zero-order valence-corrected chi connectivity index (χ0v) is 17.9. The van der Waals surface area contributed by atoms with Crippen LogP contribution in [0.15, 0.2) is 24.3 Å². The van der Waals surface area contributed by atoms with E-state index in [-0.39, 0.29) is 5.91 Å². The molecule has 8 nitrogen and oxygen atoms in total. The van der Waals surface area contributed by atoms with Crippen LogP contribution in [0.2, 0.25) is 5.02 Å². The minimum absolute atomic E-state index is 0.286. The predicted molar refractivity (Wildman–Crippen MR) is 108 cm³/mol. The van der Waals surface area contributed by atoms with Gasteiger partial charge in [-0.3, -0.25) is 9.10 Å². The lowest BCUT2D eigenvalue weighted by Gasteiger charge is -2.38. The van der Waals surface area contributed by atoms with Gasteiger partial charge in [-0.2, -0.15) is 0 Å². The Hall–Kier alpha value is -2.00. The maximum atomic E-state index is 13.1. The Morgan fingerprint density at radius 3 is 2.11 bits per heavy atom. The highest BCUT2D eigenvalue weighted by Gasteiger charge is 2.35. The number of halogens is 1. The second-order valence-electron chi connectivity index (χ2n) is 6.47. The van der Waals surface area contributed by atoms with Crippen LogP contribution in [0.4, 0.5) is 10.5 Å². The quantitative estimate of drug-likeness (QED) is 0.689. The Bertz CT molecular complexity index is 792. The van der Waals surface area contributed by atoms with Gasteiger partial charge in [0, 0.05) is 31.2 Å². The number of rotatable bonds is 6. The largest absolute Gasteiger partial charge is 0.450 e. The molecule has 1 saturated heterocycles. The SMILES string of the molecule is CCOC(=O)N1CCN(C(=O)[C@@H](CC)N(c2ccc(Cl)cc2)S(C)(=O)=O)CC1. The normalized spacial score (nSPS) is 15.9. The van der Waals surface area contributed by atoms with Crippen LogP contribution >= 0.6 is 11.6 Å². The Morgan fingerprint density at radius 2 is 1.64 bits per heavy atom. The van der Waals surface area contributed by atoms with E-state index in [1.807, 2.05) is 0 Å². The molecule has 0 bridgehead atoms. The molecule has 0 aliphatic carbocycles. The van der Waals surface area contributed by atoms with E-state index in [4.69, 9.17) is 16.3 Å². The number of carbonyl (C=O) groups is 2. The summed E-state index contributed by atoms with van der Waals surface area (Å²) < 4.78 is 31.1. The van der Waals surface area contributed by atoms with Crippen molar-refractivity contribution in [1.82, 2.24) is 9.80 Å². The molecule has 0 saturated carbocycles. The summed E-state index contributed by atoms with van der Waals surface area (Å²) in [6.45, 7) is 5.15. The average Bonchev–Trinajstić information content (AvgIpc) is 2.66. The zero-order chi connectivity index (χ0) is 20.9. The maximum absolute atomic E-state index is 13.1. The molecule has 0 N–H and O–H groups in total. The fraction of sp³-hybridized carbons (Fsp3) is 0.556. The van der Waals surface area contributed by atoms with E-state index in [1.54, 1.807) is 47.9 Å². The first-order valence-electron chi connectivity index (χ1n) is 9.14. The van der Waals surface area contributed by atoms with Gasteiger partial charge in [-0.1, -0.05) is 18.5 Å². The van der Waals surface area contributed by atoms with Crippen molar-refractivity contribution in [2.75, 3.05) is 43.3 Å². The minimum atomic E-state index is -3.70. The van der Waals surface area contributed by atoms with Gasteiger partial charge in [0.25, 0.3) is 0 Å². The Morgan fingerprint density at radius 1 is 1.11 bits per heavy atom. The third-order valence-electron chi connectivity index (χ3n) is 4.51. The number of carbonyl (C=O) groups excluding carboxylic acids is 2. The van der Waals surface area contributed by atoms with Gasteiger partial charge < -0.3 is 14.5 Å². The molecular formula is C18H26ClN3O5S. The number of anilines is 1. The van der Waals surface area contributed by atoms with Gasteiger partial charge in [0.2, 0.25) is 15.9 Å². The molecule has 2 amide bonds. The third kappa shape index (κ3) is 5.29. The molecule has 0 radical (unpaired) electrons. The molecular weight excluding hydrogens is 406 g/mol. The molecule has 1 heterocycles. The number of benzene rings is 1. The van der Waals surface area contributed by atoms with Crippen LogP contribution in [-0.4, -0.2) is 75.3 Å². The van der Waals surface area contributed by atoms with Crippen LogP contribution < -0.4 is 4.31 Å². The number of sulfonamides is 1. The van der Waals surface area contributed by atoms with Gasteiger partial charge >= 0.3 is 6.09 Å². The van der Waals surface area contributed by atoms with Crippen molar-refractivity contribution >= 4 is 39.3 Å². The first kappa shape index (κ1) is 22.3. The van der Waals surface area contributed by atoms with E-state index in [0.717, 1.165) is 10.6 Å². The van der Waals surface area contributed by atoms with E-state index < -0.39 is 22.2 Å². The summed E-state index contributed by atoms with van der Waals surface area (Å²) in [4.78, 5) is 28.1. The van der Waals surface area contributed by atoms with Crippen LogP contribution in [0.25, 0.3) is 0 Å². The number of piperazine rings is 1. The van der Waals surface area contributed by atoms with Crippen LogP contribution in [0.5, 0.6) is 0 Å². The number of nitrogens with zero attached hydrogens (tertiary/aromatic N) is 3. The molecule has 1 aromatic carbocycles. The Balaban J connectivity index is 2.19. The van der Waals surface area contributed by atoms with E-state index in [9.17, 15) is 18.0 Å². The summed E-state index contributed by atoms with van der Waals surface area (Å²) in [5, 5.41) is 0.478. The van der Waals surface area contributed by atoms with Crippen molar-refractivity contribution < 1.29 is 22.7 Å². The highest BCUT2D eigenvalue weighted by Crippen LogP contribution is 2.25. The highest BCUT2D eigenvalue weighted by atomic mass is 35.5. The lowest BCUT2D eigenvalue weighted by atomic mass is 10.1. The molecule has 2 rings (SSSR count). The first-order chi connectivity index (χ1) is 13.2. The van der Waals surface area contributed by atoms with Gasteiger partial charge in [0.1, 0.15) is 6.04 Å². The van der Waals surface area contributed by atoms with Crippen molar-refractivity contribution in [2.45, 2.75) is 26.3 Å². The number of amides is 2. The molecule has 156 valence electrons. The second kappa shape index (κ2) is 9.47. The second-order valence-corrected chi connectivity index (χ2v) is 8.77. The van der Waals surface area contributed by atoms with Gasteiger partial charge in [0.05, 0.1) is 18.6 Å². The summed E-state index contributed by atoms with van der Waals surface area (Å²) >= 11 is 5.90. The van der Waals surface area contributed by atoms with Gasteiger partial charge in [0.15, 0.2) is 0 Å². The van der Waals surface area contributed by atoms with E-state index >= 15 is 0 Å². The minimum Gasteiger partial charge on any atom is -0.450 e. The van der Waals surface area contributed by atoms with Crippen LogP contribution in [-0.2, 0) is 19.6 Å².